The van der Waals surface area contributed by atoms with Gasteiger partial charge in [-0.05, 0) is 15.9 Å². The molecule has 0 amide bonds. The van der Waals surface area contributed by atoms with Crippen LogP contribution in [0.15, 0.2) is 4.60 Å². The summed E-state index contributed by atoms with van der Waals surface area (Å²) < 4.78 is 0.451. The van der Waals surface area contributed by atoms with Crippen LogP contribution in [0.4, 0.5) is 5.82 Å². The molecular weight excluding hydrogens is 160 g/mol. The predicted octanol–water partition coefficient (Wildman–Crippen LogP) is 0.482. The van der Waals surface area contributed by atoms with E-state index in [1.807, 2.05) is 0 Å². The summed E-state index contributed by atoms with van der Waals surface area (Å²) in [6.07, 6.45) is 0. The van der Waals surface area contributed by atoms with Crippen LogP contribution in [0.25, 0.3) is 0 Å². The Hall–Kier alpha value is -0.580. The Morgan fingerprint density at radius 3 is 2.43 bits per heavy atom. The molecule has 0 aliphatic rings. The summed E-state index contributed by atoms with van der Waals surface area (Å²) >= 11 is 2.97. The number of aromatic amines is 1. The summed E-state index contributed by atoms with van der Waals surface area (Å²) in [5.74, 6) is 0.139. The van der Waals surface area contributed by atoms with Gasteiger partial charge in [-0.15, -0.1) is 10.2 Å². The Kier molecular flexibility index (Phi) is 0.976. The van der Waals surface area contributed by atoms with Crippen LogP contribution in [-0.2, 0) is 0 Å². The summed E-state index contributed by atoms with van der Waals surface area (Å²) in [6, 6.07) is 0. The third-order valence-electron chi connectivity index (χ3n) is 0.505. The zero-order valence-electron chi connectivity index (χ0n) is 3.27. The van der Waals surface area contributed by atoms with Gasteiger partial charge in [0.25, 0.3) is 0 Å². The van der Waals surface area contributed by atoms with Crippen molar-refractivity contribution in [3.63, 3.8) is 0 Å². The van der Waals surface area contributed by atoms with Gasteiger partial charge < -0.3 is 0 Å². The molecule has 0 saturated carbocycles. The standard InChI is InChI=1S/C2H2BrN4/c3-1-2(4)6-7-5-1/h4H,(H,5,6,7). The smallest absolute Gasteiger partial charge is 0.201 e. The summed E-state index contributed by atoms with van der Waals surface area (Å²) in [5, 5.41) is 9.17. The molecule has 0 aliphatic heterocycles. The normalized spacial score (nSPS) is 9.29. The van der Waals surface area contributed by atoms with E-state index in [0.29, 0.717) is 4.60 Å². The van der Waals surface area contributed by atoms with Crippen molar-refractivity contribution >= 4 is 21.7 Å². The fraction of sp³-hybridized carbons (Fsp3) is 0. The van der Waals surface area contributed by atoms with Crippen LogP contribution in [0, 0.1) is 0 Å². The third kappa shape index (κ3) is 0.714. The van der Waals surface area contributed by atoms with Crippen molar-refractivity contribution in [2.24, 2.45) is 0 Å². The van der Waals surface area contributed by atoms with Crippen molar-refractivity contribution < 1.29 is 0 Å². The largest absolute Gasteiger partial charge is 0.279 e. The molecule has 1 aromatic heterocycles. The molecule has 0 spiro atoms. The lowest BCUT2D eigenvalue weighted by atomic mass is 10.8. The average molecular weight is 162 g/mol. The lowest BCUT2D eigenvalue weighted by Crippen LogP contribution is -1.66. The van der Waals surface area contributed by atoms with Gasteiger partial charge in [0.1, 0.15) is 0 Å². The van der Waals surface area contributed by atoms with Gasteiger partial charge in [0, 0.05) is 0 Å². The van der Waals surface area contributed by atoms with E-state index < -0.39 is 0 Å². The molecule has 1 aromatic rings. The van der Waals surface area contributed by atoms with Crippen molar-refractivity contribution in [2.45, 2.75) is 0 Å². The molecule has 0 aliphatic carbocycles. The molecule has 0 fully saturated rings. The molecule has 0 unspecified atom stereocenters. The molecule has 37 valence electrons. The fourth-order valence-electron chi connectivity index (χ4n) is 0.218. The highest BCUT2D eigenvalue weighted by molar-refractivity contribution is 9.10. The Balaban J connectivity index is 3.12. The first-order chi connectivity index (χ1) is 3.30. The average Bonchev–Trinajstić information content (AvgIpc) is 1.91. The maximum Gasteiger partial charge on any atom is 0.201 e. The van der Waals surface area contributed by atoms with Gasteiger partial charge in [-0.25, -0.2) is 0 Å². The molecule has 5 heteroatoms. The van der Waals surface area contributed by atoms with Gasteiger partial charge in [-0.3, -0.25) is 5.73 Å². The van der Waals surface area contributed by atoms with E-state index >= 15 is 0 Å². The zero-order chi connectivity index (χ0) is 5.28. The molecule has 4 nitrogen and oxygen atoms in total. The van der Waals surface area contributed by atoms with Crippen LogP contribution in [0.5, 0.6) is 0 Å². The van der Waals surface area contributed by atoms with Gasteiger partial charge in [-0.1, -0.05) is 0 Å². The van der Waals surface area contributed by atoms with Gasteiger partial charge in [0.15, 0.2) is 4.60 Å². The predicted molar refractivity (Wildman–Crippen MR) is 26.8 cm³/mol. The van der Waals surface area contributed by atoms with Crippen molar-refractivity contribution in [1.82, 2.24) is 21.1 Å². The molecule has 7 heavy (non-hydrogen) atoms. The van der Waals surface area contributed by atoms with Gasteiger partial charge in [-0.2, -0.15) is 5.21 Å². The number of hydrogen-bond donors (Lipinski definition) is 1. The van der Waals surface area contributed by atoms with Crippen LogP contribution < -0.4 is 5.73 Å². The molecule has 2 N–H and O–H groups in total. The van der Waals surface area contributed by atoms with Crippen LogP contribution in [0.3, 0.4) is 0 Å². The summed E-state index contributed by atoms with van der Waals surface area (Å²) in [5.41, 5.74) is 6.85. The van der Waals surface area contributed by atoms with Crippen LogP contribution in [-0.4, -0.2) is 15.4 Å². The number of H-pyrrole nitrogens is 1. The molecule has 1 rings (SSSR count). The topological polar surface area (TPSA) is 65.4 Å². The first kappa shape index (κ1) is 4.58. The number of aromatic nitrogens is 3. The maximum atomic E-state index is 6.85. The maximum absolute atomic E-state index is 6.85. The highest BCUT2D eigenvalue weighted by Gasteiger charge is 1.94. The van der Waals surface area contributed by atoms with E-state index in [-0.39, 0.29) is 5.82 Å². The Morgan fingerprint density at radius 2 is 2.29 bits per heavy atom. The second kappa shape index (κ2) is 1.49. The molecule has 1 heterocycles. The third-order valence-corrected chi connectivity index (χ3v) is 1.06. The van der Waals surface area contributed by atoms with Gasteiger partial charge in [0.05, 0.1) is 0 Å². The molecule has 0 aromatic carbocycles. The first-order valence-electron chi connectivity index (χ1n) is 1.58. The zero-order valence-corrected chi connectivity index (χ0v) is 4.86. The number of rotatable bonds is 0. The number of halogens is 1. The van der Waals surface area contributed by atoms with Crippen molar-refractivity contribution in [3.8, 4) is 0 Å². The summed E-state index contributed by atoms with van der Waals surface area (Å²) in [6.45, 7) is 0. The van der Waals surface area contributed by atoms with E-state index in [2.05, 4.69) is 31.3 Å². The van der Waals surface area contributed by atoms with Crippen LogP contribution in [0.1, 0.15) is 0 Å². The lowest BCUT2D eigenvalue weighted by molar-refractivity contribution is 0.932. The van der Waals surface area contributed by atoms with E-state index in [9.17, 15) is 0 Å². The lowest BCUT2D eigenvalue weighted by Gasteiger charge is -1.70. The molecule has 0 bridgehead atoms. The molecule has 0 atom stereocenters. The minimum absolute atomic E-state index is 0.139. The summed E-state index contributed by atoms with van der Waals surface area (Å²) in [7, 11) is 0. The minimum Gasteiger partial charge on any atom is -0.279 e. The number of hydrogen-bond acceptors (Lipinski definition) is 2. The quantitative estimate of drug-likeness (QED) is 0.602. The fourth-order valence-corrected chi connectivity index (χ4v) is 0.386. The first-order valence-corrected chi connectivity index (χ1v) is 2.38. The molecule has 1 radical (unpaired) electrons. The van der Waals surface area contributed by atoms with E-state index in [0.717, 1.165) is 0 Å². The second-order valence-corrected chi connectivity index (χ2v) is 1.71. The highest BCUT2D eigenvalue weighted by Crippen LogP contribution is 2.10. The Bertz CT molecular complexity index is 142. The van der Waals surface area contributed by atoms with E-state index in [4.69, 9.17) is 5.73 Å². The highest BCUT2D eigenvalue weighted by atomic mass is 79.9. The van der Waals surface area contributed by atoms with Crippen molar-refractivity contribution in [2.75, 3.05) is 0 Å². The van der Waals surface area contributed by atoms with E-state index in [1.54, 1.807) is 0 Å². The minimum atomic E-state index is 0.139. The monoisotopic (exact) mass is 161 g/mol. The molecular formula is C2H2BrN4. The van der Waals surface area contributed by atoms with Crippen LogP contribution in [0.2, 0.25) is 0 Å². The summed E-state index contributed by atoms with van der Waals surface area (Å²) in [4.78, 5) is 0. The van der Waals surface area contributed by atoms with Gasteiger partial charge >= 0.3 is 0 Å². The van der Waals surface area contributed by atoms with Crippen molar-refractivity contribution in [1.29, 1.82) is 0 Å². The molecule has 0 saturated heterocycles. The Labute approximate surface area is 48.2 Å². The number of nitrogens with one attached hydrogen (secondary N) is 2. The SMILES string of the molecule is [NH]c1n[nH]nc1Br. The van der Waals surface area contributed by atoms with Crippen LogP contribution >= 0.6 is 15.9 Å². The second-order valence-electron chi connectivity index (χ2n) is 0.963. The number of nitrogens with zero attached hydrogens (tertiary/aromatic N) is 2. The van der Waals surface area contributed by atoms with Crippen molar-refractivity contribution in [3.05, 3.63) is 4.60 Å². The van der Waals surface area contributed by atoms with Gasteiger partial charge in [0.2, 0.25) is 5.82 Å². The van der Waals surface area contributed by atoms with E-state index in [1.165, 1.54) is 0 Å². The Morgan fingerprint density at radius 1 is 1.57 bits per heavy atom.